The van der Waals surface area contributed by atoms with E-state index in [1.54, 1.807) is 0 Å². The molecule has 4 nitrogen and oxygen atoms in total. The Morgan fingerprint density at radius 3 is 3.14 bits per heavy atom. The van der Waals surface area contributed by atoms with E-state index in [1.165, 1.54) is 0 Å². The van der Waals surface area contributed by atoms with E-state index in [9.17, 15) is 0 Å². The van der Waals surface area contributed by atoms with Crippen LogP contribution in [-0.4, -0.2) is 26.2 Å². The lowest BCUT2D eigenvalue weighted by Gasteiger charge is -2.19. The van der Waals surface area contributed by atoms with Crippen LogP contribution in [0.1, 0.15) is 25.0 Å². The van der Waals surface area contributed by atoms with E-state index < -0.39 is 0 Å². The van der Waals surface area contributed by atoms with E-state index >= 15 is 0 Å². The SMILES string of the molecule is CC(N)Cc1nnc2n1CC(Cl)CC2. The molecule has 2 rings (SSSR count). The van der Waals surface area contributed by atoms with Crippen molar-refractivity contribution < 1.29 is 0 Å². The smallest absolute Gasteiger partial charge is 0.134 e. The second kappa shape index (κ2) is 3.87. The number of hydrogen-bond donors (Lipinski definition) is 1. The molecule has 0 amide bonds. The Kier molecular flexibility index (Phi) is 2.74. The highest BCUT2D eigenvalue weighted by molar-refractivity contribution is 6.20. The van der Waals surface area contributed by atoms with Crippen molar-refractivity contribution in [3.8, 4) is 0 Å². The molecule has 2 heterocycles. The number of rotatable bonds is 2. The van der Waals surface area contributed by atoms with E-state index in [1.807, 2.05) is 6.92 Å². The molecule has 0 bridgehead atoms. The van der Waals surface area contributed by atoms with Gasteiger partial charge in [-0.3, -0.25) is 0 Å². The molecule has 5 heteroatoms. The molecule has 2 atom stereocenters. The van der Waals surface area contributed by atoms with Gasteiger partial charge in [-0.1, -0.05) is 0 Å². The largest absolute Gasteiger partial charge is 0.328 e. The lowest BCUT2D eigenvalue weighted by molar-refractivity contribution is 0.507. The topological polar surface area (TPSA) is 56.7 Å². The predicted octanol–water partition coefficient (Wildman–Crippen LogP) is 0.721. The molecule has 78 valence electrons. The molecule has 1 aromatic heterocycles. The molecule has 2 unspecified atom stereocenters. The minimum absolute atomic E-state index is 0.124. The fourth-order valence-corrected chi connectivity index (χ4v) is 2.03. The molecule has 0 saturated heterocycles. The van der Waals surface area contributed by atoms with E-state index in [0.717, 1.165) is 37.5 Å². The normalized spacial score (nSPS) is 23.2. The summed E-state index contributed by atoms with van der Waals surface area (Å²) in [5.74, 6) is 2.03. The number of nitrogens with zero attached hydrogens (tertiary/aromatic N) is 3. The molecule has 0 aromatic carbocycles. The molecule has 14 heavy (non-hydrogen) atoms. The van der Waals surface area contributed by atoms with Gasteiger partial charge in [-0.2, -0.15) is 0 Å². The van der Waals surface area contributed by atoms with Crippen LogP contribution in [0.15, 0.2) is 0 Å². The Balaban J connectivity index is 2.22. The maximum absolute atomic E-state index is 6.10. The first kappa shape index (κ1) is 9.93. The fraction of sp³-hybridized carbons (Fsp3) is 0.778. The summed E-state index contributed by atoms with van der Waals surface area (Å²) < 4.78 is 2.12. The Labute approximate surface area is 88.5 Å². The molecule has 0 saturated carbocycles. The Hall–Kier alpha value is -0.610. The van der Waals surface area contributed by atoms with Gasteiger partial charge < -0.3 is 10.3 Å². The van der Waals surface area contributed by atoms with Gasteiger partial charge in [-0.05, 0) is 13.3 Å². The summed E-state index contributed by atoms with van der Waals surface area (Å²) in [6.07, 6.45) is 2.70. The first-order valence-corrected chi connectivity index (χ1v) is 5.41. The Morgan fingerprint density at radius 1 is 1.64 bits per heavy atom. The van der Waals surface area contributed by atoms with Crippen molar-refractivity contribution >= 4 is 11.6 Å². The third-order valence-electron chi connectivity index (χ3n) is 2.47. The van der Waals surface area contributed by atoms with Crippen molar-refractivity contribution in [2.45, 2.75) is 44.1 Å². The van der Waals surface area contributed by atoms with E-state index in [4.69, 9.17) is 17.3 Å². The summed E-state index contributed by atoms with van der Waals surface area (Å²) in [7, 11) is 0. The molecule has 0 spiro atoms. The van der Waals surface area contributed by atoms with Crippen LogP contribution in [0.2, 0.25) is 0 Å². The molecule has 1 aliphatic rings. The van der Waals surface area contributed by atoms with Crippen molar-refractivity contribution in [2.75, 3.05) is 0 Å². The van der Waals surface area contributed by atoms with Crippen molar-refractivity contribution in [1.29, 1.82) is 0 Å². The van der Waals surface area contributed by atoms with Gasteiger partial charge in [0.15, 0.2) is 0 Å². The Bertz CT molecular complexity index is 321. The summed E-state index contributed by atoms with van der Waals surface area (Å²) >= 11 is 6.10. The second-order valence-corrected chi connectivity index (χ2v) is 4.58. The van der Waals surface area contributed by atoms with Crippen LogP contribution in [0.4, 0.5) is 0 Å². The van der Waals surface area contributed by atoms with Gasteiger partial charge in [-0.15, -0.1) is 21.8 Å². The van der Waals surface area contributed by atoms with Gasteiger partial charge in [0.25, 0.3) is 0 Å². The van der Waals surface area contributed by atoms with E-state index in [0.29, 0.717) is 0 Å². The quantitative estimate of drug-likeness (QED) is 0.739. The molecular formula is C9H15ClN4. The molecule has 0 aliphatic carbocycles. The minimum Gasteiger partial charge on any atom is -0.328 e. The standard InChI is InChI=1S/C9H15ClN4/c1-6(11)4-9-13-12-8-3-2-7(10)5-14(8)9/h6-7H,2-5,11H2,1H3. The van der Waals surface area contributed by atoms with Crippen LogP contribution < -0.4 is 5.73 Å². The molecule has 0 fully saturated rings. The van der Waals surface area contributed by atoms with Gasteiger partial charge in [0, 0.05) is 25.4 Å². The van der Waals surface area contributed by atoms with Gasteiger partial charge in [0.2, 0.25) is 0 Å². The highest BCUT2D eigenvalue weighted by atomic mass is 35.5. The number of fused-ring (bicyclic) bond motifs is 1. The lowest BCUT2D eigenvalue weighted by Crippen LogP contribution is -2.25. The number of halogens is 1. The zero-order valence-electron chi connectivity index (χ0n) is 8.28. The van der Waals surface area contributed by atoms with Crippen LogP contribution in [0.5, 0.6) is 0 Å². The first-order chi connectivity index (χ1) is 6.66. The second-order valence-electron chi connectivity index (χ2n) is 3.96. The number of aryl methyl sites for hydroxylation is 1. The average Bonchev–Trinajstić information content (AvgIpc) is 2.47. The van der Waals surface area contributed by atoms with Crippen molar-refractivity contribution in [3.05, 3.63) is 11.6 Å². The van der Waals surface area contributed by atoms with Crippen molar-refractivity contribution in [2.24, 2.45) is 5.73 Å². The van der Waals surface area contributed by atoms with Gasteiger partial charge >= 0.3 is 0 Å². The van der Waals surface area contributed by atoms with Crippen LogP contribution in [0.25, 0.3) is 0 Å². The molecule has 1 aliphatic heterocycles. The summed E-state index contributed by atoms with van der Waals surface area (Å²) in [5.41, 5.74) is 5.74. The Morgan fingerprint density at radius 2 is 2.43 bits per heavy atom. The van der Waals surface area contributed by atoms with Crippen molar-refractivity contribution in [1.82, 2.24) is 14.8 Å². The van der Waals surface area contributed by atoms with E-state index in [-0.39, 0.29) is 11.4 Å². The number of aromatic nitrogens is 3. The summed E-state index contributed by atoms with van der Waals surface area (Å²) in [4.78, 5) is 0. The number of alkyl halides is 1. The zero-order chi connectivity index (χ0) is 10.1. The molecular weight excluding hydrogens is 200 g/mol. The summed E-state index contributed by atoms with van der Waals surface area (Å²) in [6.45, 7) is 2.80. The lowest BCUT2D eigenvalue weighted by atomic mass is 10.1. The van der Waals surface area contributed by atoms with E-state index in [2.05, 4.69) is 14.8 Å². The summed E-state index contributed by atoms with van der Waals surface area (Å²) in [6, 6.07) is 0.124. The molecule has 2 N–H and O–H groups in total. The molecule has 0 radical (unpaired) electrons. The van der Waals surface area contributed by atoms with Crippen molar-refractivity contribution in [3.63, 3.8) is 0 Å². The monoisotopic (exact) mass is 214 g/mol. The minimum atomic E-state index is 0.124. The average molecular weight is 215 g/mol. The van der Waals surface area contributed by atoms with Gasteiger partial charge in [-0.25, -0.2) is 0 Å². The number of nitrogens with two attached hydrogens (primary N) is 1. The van der Waals surface area contributed by atoms with Gasteiger partial charge in [0.1, 0.15) is 11.6 Å². The molecule has 1 aromatic rings. The van der Waals surface area contributed by atoms with Crippen LogP contribution in [0, 0.1) is 0 Å². The highest BCUT2D eigenvalue weighted by Crippen LogP contribution is 2.19. The predicted molar refractivity (Wildman–Crippen MR) is 55.3 cm³/mol. The van der Waals surface area contributed by atoms with Crippen LogP contribution >= 0.6 is 11.6 Å². The third kappa shape index (κ3) is 1.91. The summed E-state index contributed by atoms with van der Waals surface area (Å²) in [5, 5.41) is 8.50. The zero-order valence-corrected chi connectivity index (χ0v) is 9.04. The third-order valence-corrected chi connectivity index (χ3v) is 2.83. The highest BCUT2D eigenvalue weighted by Gasteiger charge is 2.21. The maximum Gasteiger partial charge on any atom is 0.134 e. The van der Waals surface area contributed by atoms with Gasteiger partial charge in [0.05, 0.1) is 5.38 Å². The maximum atomic E-state index is 6.10. The van der Waals surface area contributed by atoms with Crippen LogP contribution in [0.3, 0.4) is 0 Å². The fourth-order valence-electron chi connectivity index (χ4n) is 1.78. The first-order valence-electron chi connectivity index (χ1n) is 4.97. The number of hydrogen-bond acceptors (Lipinski definition) is 3. The van der Waals surface area contributed by atoms with Crippen LogP contribution in [-0.2, 0) is 19.4 Å².